The van der Waals surface area contributed by atoms with Crippen LogP contribution in [0.2, 0.25) is 0 Å². The Morgan fingerprint density at radius 2 is 1.90 bits per heavy atom. The van der Waals surface area contributed by atoms with E-state index in [1.165, 1.54) is 16.8 Å². The number of aryl methyl sites for hydroxylation is 1. The lowest BCUT2D eigenvalue weighted by Crippen LogP contribution is -2.43. The molecule has 1 aromatic heterocycles. The predicted molar refractivity (Wildman–Crippen MR) is 121 cm³/mol. The van der Waals surface area contributed by atoms with Crippen molar-refractivity contribution in [3.8, 4) is 11.8 Å². The first kappa shape index (κ1) is 22.2. The summed E-state index contributed by atoms with van der Waals surface area (Å²) in [6.07, 6.45) is 2.89. The molecule has 8 heteroatoms. The monoisotopic (exact) mass is 480 g/mol. The first-order chi connectivity index (χ1) is 14.9. The molecule has 0 unspecified atom stereocenters. The molecule has 1 amide bonds. The van der Waals surface area contributed by atoms with Gasteiger partial charge in [-0.3, -0.25) is 14.2 Å². The summed E-state index contributed by atoms with van der Waals surface area (Å²) in [6.45, 7) is 2.60. The van der Waals surface area contributed by atoms with E-state index in [1.807, 2.05) is 37.3 Å². The Labute approximate surface area is 187 Å². The summed E-state index contributed by atoms with van der Waals surface area (Å²) in [4.78, 5) is 38.9. The fourth-order valence-corrected chi connectivity index (χ4v) is 3.33. The lowest BCUT2D eigenvalue weighted by atomic mass is 10.2. The Morgan fingerprint density at radius 3 is 2.58 bits per heavy atom. The van der Waals surface area contributed by atoms with Gasteiger partial charge in [-0.15, -0.1) is 0 Å². The zero-order chi connectivity index (χ0) is 22.4. The average Bonchev–Trinajstić information content (AvgIpc) is 2.78. The van der Waals surface area contributed by atoms with E-state index in [4.69, 9.17) is 5.26 Å². The Kier molecular flexibility index (Phi) is 7.21. The molecule has 0 spiro atoms. The minimum Gasteiger partial charge on any atom is -0.348 e. The number of benzene rings is 2. The van der Waals surface area contributed by atoms with Gasteiger partial charge in [0.2, 0.25) is 0 Å². The molecular weight excluding hydrogens is 460 g/mol. The molecule has 0 radical (unpaired) electrons. The fourth-order valence-electron chi connectivity index (χ4n) is 3.07. The number of carbonyl (C=O) groups is 1. The van der Waals surface area contributed by atoms with E-state index in [-0.39, 0.29) is 17.8 Å². The van der Waals surface area contributed by atoms with Crippen molar-refractivity contribution in [2.45, 2.75) is 32.9 Å². The van der Waals surface area contributed by atoms with Gasteiger partial charge >= 0.3 is 5.69 Å². The highest BCUT2D eigenvalue weighted by Gasteiger charge is 2.18. The van der Waals surface area contributed by atoms with E-state index in [0.29, 0.717) is 12.1 Å². The second-order valence-corrected chi connectivity index (χ2v) is 7.90. The molecule has 0 aliphatic carbocycles. The van der Waals surface area contributed by atoms with E-state index in [0.717, 1.165) is 27.4 Å². The molecule has 0 bridgehead atoms. The van der Waals surface area contributed by atoms with Crippen LogP contribution in [-0.4, -0.2) is 15.0 Å². The molecule has 3 rings (SSSR count). The maximum absolute atomic E-state index is 13.1. The second-order valence-electron chi connectivity index (χ2n) is 6.98. The van der Waals surface area contributed by atoms with Gasteiger partial charge in [-0.05, 0) is 42.3 Å². The van der Waals surface area contributed by atoms with Crippen molar-refractivity contribution >= 4 is 21.8 Å². The largest absolute Gasteiger partial charge is 0.348 e. The molecule has 158 valence electrons. The predicted octanol–water partition coefficient (Wildman–Crippen LogP) is 3.36. The lowest BCUT2D eigenvalue weighted by Gasteiger charge is -2.13. The van der Waals surface area contributed by atoms with Crippen LogP contribution in [-0.2, 0) is 13.1 Å². The summed E-state index contributed by atoms with van der Waals surface area (Å²) < 4.78 is 3.25. The maximum atomic E-state index is 13.1. The number of unbranched alkanes of at least 4 members (excludes halogenated alkanes) is 1. The third kappa shape index (κ3) is 5.19. The number of halogens is 1. The van der Waals surface area contributed by atoms with Crippen LogP contribution in [0, 0.1) is 11.3 Å². The molecule has 0 aliphatic heterocycles. The number of nitriles is 1. The highest BCUT2D eigenvalue weighted by Crippen LogP contribution is 2.11. The van der Waals surface area contributed by atoms with E-state index in [1.54, 1.807) is 18.2 Å². The van der Waals surface area contributed by atoms with Crippen molar-refractivity contribution in [2.24, 2.45) is 0 Å². The standard InChI is InChI=1S/C23H21BrN4O3/c1-2-3-11-27-15-20(21(29)26-14-16-7-9-18(24)10-8-16)22(30)28(23(27)31)19-6-4-5-17(12-19)13-25/h4-10,12,15H,2-3,11,14H2,1H3,(H,26,29). The first-order valence-corrected chi connectivity index (χ1v) is 10.6. The third-order valence-electron chi connectivity index (χ3n) is 4.75. The zero-order valence-corrected chi connectivity index (χ0v) is 18.6. The number of rotatable bonds is 7. The molecule has 3 aromatic rings. The molecule has 0 atom stereocenters. The summed E-state index contributed by atoms with van der Waals surface area (Å²) in [6, 6.07) is 15.6. The van der Waals surface area contributed by atoms with E-state index < -0.39 is 17.2 Å². The van der Waals surface area contributed by atoms with Crippen LogP contribution in [0.5, 0.6) is 0 Å². The molecule has 0 fully saturated rings. The van der Waals surface area contributed by atoms with Crippen molar-refractivity contribution < 1.29 is 4.79 Å². The van der Waals surface area contributed by atoms with Crippen molar-refractivity contribution in [3.63, 3.8) is 0 Å². The second kappa shape index (κ2) is 10.0. The molecule has 31 heavy (non-hydrogen) atoms. The van der Waals surface area contributed by atoms with Gasteiger partial charge in [-0.2, -0.15) is 5.26 Å². The van der Waals surface area contributed by atoms with Gasteiger partial charge in [0.05, 0.1) is 17.3 Å². The van der Waals surface area contributed by atoms with Gasteiger partial charge in [0.15, 0.2) is 0 Å². The third-order valence-corrected chi connectivity index (χ3v) is 5.28. The molecule has 7 nitrogen and oxygen atoms in total. The SMILES string of the molecule is CCCCn1cc(C(=O)NCc2ccc(Br)cc2)c(=O)n(-c2cccc(C#N)c2)c1=O. The number of carbonyl (C=O) groups excluding carboxylic acids is 1. The summed E-state index contributed by atoms with van der Waals surface area (Å²) >= 11 is 3.36. The Hall–Kier alpha value is -3.44. The highest BCUT2D eigenvalue weighted by atomic mass is 79.9. The number of nitrogens with one attached hydrogen (secondary N) is 1. The van der Waals surface area contributed by atoms with Crippen LogP contribution in [0.4, 0.5) is 0 Å². The Bertz CT molecular complexity index is 1250. The van der Waals surface area contributed by atoms with Crippen molar-refractivity contribution in [1.82, 2.24) is 14.5 Å². The van der Waals surface area contributed by atoms with Crippen molar-refractivity contribution in [3.05, 3.63) is 96.7 Å². The summed E-state index contributed by atoms with van der Waals surface area (Å²) in [7, 11) is 0. The van der Waals surface area contributed by atoms with Crippen LogP contribution >= 0.6 is 15.9 Å². The zero-order valence-electron chi connectivity index (χ0n) is 17.0. The van der Waals surface area contributed by atoms with Gasteiger partial charge < -0.3 is 5.32 Å². The summed E-state index contributed by atoms with van der Waals surface area (Å²) in [5.41, 5.74) is 0.0445. The molecule has 1 heterocycles. The van der Waals surface area contributed by atoms with Crippen LogP contribution in [0.15, 0.2) is 68.8 Å². The molecule has 2 aromatic carbocycles. The molecule has 1 N–H and O–H groups in total. The number of hydrogen-bond donors (Lipinski definition) is 1. The number of amides is 1. The van der Waals surface area contributed by atoms with Gasteiger partial charge in [0.25, 0.3) is 11.5 Å². The molecular formula is C23H21BrN4O3. The van der Waals surface area contributed by atoms with E-state index >= 15 is 0 Å². The van der Waals surface area contributed by atoms with Crippen LogP contribution in [0.1, 0.15) is 41.3 Å². The normalized spacial score (nSPS) is 10.5. The fraction of sp³-hybridized carbons (Fsp3) is 0.217. The molecule has 0 saturated carbocycles. The van der Waals surface area contributed by atoms with Crippen LogP contribution in [0.25, 0.3) is 5.69 Å². The average molecular weight is 481 g/mol. The number of aromatic nitrogens is 2. The smallest absolute Gasteiger partial charge is 0.335 e. The lowest BCUT2D eigenvalue weighted by molar-refractivity contribution is 0.0948. The van der Waals surface area contributed by atoms with Crippen LogP contribution in [0.3, 0.4) is 0 Å². The van der Waals surface area contributed by atoms with Crippen molar-refractivity contribution in [2.75, 3.05) is 0 Å². The minimum atomic E-state index is -0.721. The number of hydrogen-bond acceptors (Lipinski definition) is 4. The van der Waals surface area contributed by atoms with E-state index in [9.17, 15) is 14.4 Å². The topological polar surface area (TPSA) is 96.9 Å². The van der Waals surface area contributed by atoms with Gasteiger partial charge in [-0.1, -0.05) is 47.5 Å². The quantitative estimate of drug-likeness (QED) is 0.560. The van der Waals surface area contributed by atoms with Crippen molar-refractivity contribution in [1.29, 1.82) is 5.26 Å². The van der Waals surface area contributed by atoms with Crippen LogP contribution < -0.4 is 16.6 Å². The van der Waals surface area contributed by atoms with Gasteiger partial charge in [0, 0.05) is 23.8 Å². The van der Waals surface area contributed by atoms with Gasteiger partial charge in [0.1, 0.15) is 5.56 Å². The first-order valence-electron chi connectivity index (χ1n) is 9.84. The molecule has 0 saturated heterocycles. The minimum absolute atomic E-state index is 0.129. The Morgan fingerprint density at radius 1 is 1.16 bits per heavy atom. The summed E-state index contributed by atoms with van der Waals surface area (Å²) in [5, 5.41) is 11.9. The molecule has 0 aliphatic rings. The number of nitrogens with zero attached hydrogens (tertiary/aromatic N) is 3. The summed E-state index contributed by atoms with van der Waals surface area (Å²) in [5.74, 6) is -0.566. The Balaban J connectivity index is 2.03. The maximum Gasteiger partial charge on any atom is 0.335 e. The van der Waals surface area contributed by atoms with E-state index in [2.05, 4.69) is 21.2 Å². The highest BCUT2D eigenvalue weighted by molar-refractivity contribution is 9.10. The van der Waals surface area contributed by atoms with Gasteiger partial charge in [-0.25, -0.2) is 9.36 Å².